The van der Waals surface area contributed by atoms with Crippen LogP contribution in [0.1, 0.15) is 16.0 Å². The van der Waals surface area contributed by atoms with Crippen LogP contribution >= 0.6 is 43.2 Å². The first-order valence-corrected chi connectivity index (χ1v) is 8.49. The molecule has 0 atom stereocenters. The molecular formula is C14H15Br2NS. The summed E-state index contributed by atoms with van der Waals surface area (Å²) in [4.78, 5) is 3.65. The minimum absolute atomic E-state index is 0.917. The Morgan fingerprint density at radius 3 is 2.61 bits per heavy atom. The van der Waals surface area contributed by atoms with Gasteiger partial charge in [-0.15, -0.1) is 11.3 Å². The van der Waals surface area contributed by atoms with Crippen LogP contribution in [-0.2, 0) is 11.9 Å². The number of thiophene rings is 1. The Morgan fingerprint density at radius 2 is 2.06 bits per heavy atom. The summed E-state index contributed by atoms with van der Waals surface area (Å²) < 4.78 is 1.17. The molecule has 0 N–H and O–H groups in total. The zero-order valence-electron chi connectivity index (χ0n) is 10.4. The summed E-state index contributed by atoms with van der Waals surface area (Å²) in [6.07, 6.45) is 0. The van der Waals surface area contributed by atoms with E-state index in [4.69, 9.17) is 0 Å². The summed E-state index contributed by atoms with van der Waals surface area (Å²) in [7, 11) is 2.14. The molecular weight excluding hydrogens is 374 g/mol. The lowest BCUT2D eigenvalue weighted by molar-refractivity contribution is 0.938. The van der Waals surface area contributed by atoms with Crippen molar-refractivity contribution in [1.29, 1.82) is 0 Å². The minimum atomic E-state index is 0.917. The Balaban J connectivity index is 2.13. The lowest BCUT2D eigenvalue weighted by Crippen LogP contribution is -2.15. The standard InChI is InChI=1S/C14H15Br2NS/c1-10-5-13(4-3-11(10)7-15)17(2)8-14-6-12(16)9-18-14/h3-6,9H,7-8H2,1-2H3. The molecule has 0 amide bonds. The van der Waals surface area contributed by atoms with Gasteiger partial charge in [0.25, 0.3) is 0 Å². The zero-order chi connectivity index (χ0) is 13.1. The lowest BCUT2D eigenvalue weighted by atomic mass is 10.1. The first-order valence-electron chi connectivity index (χ1n) is 5.69. The zero-order valence-corrected chi connectivity index (χ0v) is 14.4. The molecule has 4 heteroatoms. The summed E-state index contributed by atoms with van der Waals surface area (Å²) in [5.74, 6) is 0. The second kappa shape index (κ2) is 6.22. The Morgan fingerprint density at radius 1 is 1.28 bits per heavy atom. The normalized spacial score (nSPS) is 10.7. The molecule has 0 spiro atoms. The molecule has 0 saturated heterocycles. The molecule has 0 fully saturated rings. The topological polar surface area (TPSA) is 3.24 Å². The first kappa shape index (κ1) is 14.1. The number of benzene rings is 1. The Bertz CT molecular complexity index is 536. The average Bonchev–Trinajstić information content (AvgIpc) is 2.74. The molecule has 0 bridgehead atoms. The molecule has 0 saturated carbocycles. The highest BCUT2D eigenvalue weighted by Gasteiger charge is 2.06. The van der Waals surface area contributed by atoms with Gasteiger partial charge in [0.15, 0.2) is 0 Å². The van der Waals surface area contributed by atoms with E-state index in [0.29, 0.717) is 0 Å². The second-order valence-corrected chi connectivity index (χ2v) is 6.80. The van der Waals surface area contributed by atoms with E-state index in [1.807, 2.05) is 0 Å². The van der Waals surface area contributed by atoms with E-state index in [0.717, 1.165) is 11.9 Å². The van der Waals surface area contributed by atoms with Gasteiger partial charge in [0.05, 0.1) is 6.54 Å². The average molecular weight is 389 g/mol. The molecule has 1 aromatic heterocycles. The number of halogens is 2. The summed E-state index contributed by atoms with van der Waals surface area (Å²) in [6.45, 7) is 3.11. The van der Waals surface area contributed by atoms with Crippen LogP contribution in [0.25, 0.3) is 0 Å². The second-order valence-electron chi connectivity index (χ2n) is 4.33. The van der Waals surface area contributed by atoms with Crippen molar-refractivity contribution in [3.63, 3.8) is 0 Å². The maximum Gasteiger partial charge on any atom is 0.0519 e. The number of alkyl halides is 1. The Kier molecular flexibility index (Phi) is 4.87. The van der Waals surface area contributed by atoms with Crippen LogP contribution in [-0.4, -0.2) is 7.05 Å². The number of hydrogen-bond donors (Lipinski definition) is 0. The molecule has 2 aromatic rings. The van der Waals surface area contributed by atoms with Crippen molar-refractivity contribution in [2.75, 3.05) is 11.9 Å². The van der Waals surface area contributed by atoms with E-state index in [9.17, 15) is 0 Å². The van der Waals surface area contributed by atoms with Crippen molar-refractivity contribution in [3.05, 3.63) is 50.1 Å². The Hall–Kier alpha value is -0.320. The van der Waals surface area contributed by atoms with Crippen molar-refractivity contribution in [2.24, 2.45) is 0 Å². The summed E-state index contributed by atoms with van der Waals surface area (Å²) in [6, 6.07) is 8.81. The molecule has 18 heavy (non-hydrogen) atoms. The number of hydrogen-bond acceptors (Lipinski definition) is 2. The van der Waals surface area contributed by atoms with E-state index < -0.39 is 0 Å². The summed E-state index contributed by atoms with van der Waals surface area (Å²) in [5, 5.41) is 3.04. The molecule has 0 unspecified atom stereocenters. The van der Waals surface area contributed by atoms with Crippen molar-refractivity contribution in [1.82, 2.24) is 0 Å². The van der Waals surface area contributed by atoms with Crippen molar-refractivity contribution < 1.29 is 0 Å². The molecule has 0 aliphatic rings. The quantitative estimate of drug-likeness (QED) is 0.638. The molecule has 0 aliphatic heterocycles. The minimum Gasteiger partial charge on any atom is -0.369 e. The summed E-state index contributed by atoms with van der Waals surface area (Å²) >= 11 is 8.79. The predicted molar refractivity (Wildman–Crippen MR) is 87.9 cm³/mol. The maximum atomic E-state index is 3.51. The smallest absolute Gasteiger partial charge is 0.0519 e. The maximum absolute atomic E-state index is 3.51. The molecule has 0 radical (unpaired) electrons. The van der Waals surface area contributed by atoms with Crippen molar-refractivity contribution >= 4 is 48.9 Å². The third kappa shape index (κ3) is 3.37. The fourth-order valence-electron chi connectivity index (χ4n) is 1.83. The van der Waals surface area contributed by atoms with Gasteiger partial charge in [0.2, 0.25) is 0 Å². The van der Waals surface area contributed by atoms with Gasteiger partial charge in [0.1, 0.15) is 0 Å². The van der Waals surface area contributed by atoms with Gasteiger partial charge < -0.3 is 4.90 Å². The predicted octanol–water partition coefficient (Wildman–Crippen LogP) is 5.35. The number of anilines is 1. The molecule has 0 aliphatic carbocycles. The van der Waals surface area contributed by atoms with Crippen molar-refractivity contribution in [2.45, 2.75) is 18.8 Å². The molecule has 1 aromatic carbocycles. The van der Waals surface area contributed by atoms with E-state index in [2.05, 4.69) is 80.4 Å². The Labute approximate surface area is 129 Å². The number of nitrogens with zero attached hydrogens (tertiary/aromatic N) is 1. The third-order valence-corrected chi connectivity index (χ3v) is 5.21. The largest absolute Gasteiger partial charge is 0.369 e. The first-order chi connectivity index (χ1) is 8.60. The van der Waals surface area contributed by atoms with Crippen molar-refractivity contribution in [3.8, 4) is 0 Å². The van der Waals surface area contributed by atoms with Crippen LogP contribution in [0.5, 0.6) is 0 Å². The van der Waals surface area contributed by atoms with Gasteiger partial charge in [-0.1, -0.05) is 22.0 Å². The van der Waals surface area contributed by atoms with Gasteiger partial charge in [0, 0.05) is 32.8 Å². The highest BCUT2D eigenvalue weighted by Crippen LogP contribution is 2.25. The fourth-order valence-corrected chi connectivity index (χ4v) is 3.96. The number of rotatable bonds is 4. The third-order valence-electron chi connectivity index (χ3n) is 2.93. The number of aryl methyl sites for hydroxylation is 1. The fraction of sp³-hybridized carbons (Fsp3) is 0.286. The van der Waals surface area contributed by atoms with Crippen LogP contribution in [0.2, 0.25) is 0 Å². The van der Waals surface area contributed by atoms with Crippen LogP contribution < -0.4 is 4.90 Å². The molecule has 2 rings (SSSR count). The van der Waals surface area contributed by atoms with Gasteiger partial charge >= 0.3 is 0 Å². The molecule has 1 heterocycles. The van der Waals surface area contributed by atoms with Gasteiger partial charge in [-0.3, -0.25) is 0 Å². The molecule has 1 nitrogen and oxygen atoms in total. The van der Waals surface area contributed by atoms with E-state index in [1.54, 1.807) is 11.3 Å². The van der Waals surface area contributed by atoms with Crippen LogP contribution in [0.15, 0.2) is 34.1 Å². The van der Waals surface area contributed by atoms with Crippen LogP contribution in [0.4, 0.5) is 5.69 Å². The van der Waals surface area contributed by atoms with Gasteiger partial charge in [-0.2, -0.15) is 0 Å². The monoisotopic (exact) mass is 387 g/mol. The van der Waals surface area contributed by atoms with Crippen LogP contribution in [0.3, 0.4) is 0 Å². The van der Waals surface area contributed by atoms with Gasteiger partial charge in [-0.25, -0.2) is 0 Å². The highest BCUT2D eigenvalue weighted by molar-refractivity contribution is 9.10. The summed E-state index contributed by atoms with van der Waals surface area (Å²) in [5.41, 5.74) is 3.95. The highest BCUT2D eigenvalue weighted by atomic mass is 79.9. The molecule has 96 valence electrons. The van der Waals surface area contributed by atoms with E-state index in [-0.39, 0.29) is 0 Å². The lowest BCUT2D eigenvalue weighted by Gasteiger charge is -2.19. The van der Waals surface area contributed by atoms with Gasteiger partial charge in [-0.05, 0) is 52.2 Å². The van der Waals surface area contributed by atoms with Crippen LogP contribution in [0, 0.1) is 6.92 Å². The SMILES string of the molecule is Cc1cc(N(C)Cc2cc(Br)cs2)ccc1CBr. The van der Waals surface area contributed by atoms with E-state index >= 15 is 0 Å². The van der Waals surface area contributed by atoms with E-state index in [1.165, 1.54) is 26.2 Å².